The van der Waals surface area contributed by atoms with Crippen molar-refractivity contribution in [3.63, 3.8) is 0 Å². The summed E-state index contributed by atoms with van der Waals surface area (Å²) in [5, 5.41) is 2.49. The largest absolute Gasteiger partial charge is 0.497 e. The molecule has 0 aliphatic carbocycles. The number of benzene rings is 3. The van der Waals surface area contributed by atoms with Crippen LogP contribution in [0.4, 0.5) is 4.20 Å². The van der Waals surface area contributed by atoms with Crippen LogP contribution in [0.3, 0.4) is 0 Å². The molecule has 4 aromatic rings. The van der Waals surface area contributed by atoms with Crippen LogP contribution in [0.2, 0.25) is 0 Å². The predicted octanol–water partition coefficient (Wildman–Crippen LogP) is 4.30. The molecule has 10 nitrogen and oxygen atoms in total. The minimum absolute atomic E-state index is 0.0751. The summed E-state index contributed by atoms with van der Waals surface area (Å²) < 4.78 is 39.7. The van der Waals surface area contributed by atoms with Crippen LogP contribution in [0.1, 0.15) is 34.9 Å². The quantitative estimate of drug-likeness (QED) is 0.163. The fraction of sp³-hybridized carbons (Fsp3) is 0.290. The minimum Gasteiger partial charge on any atom is -0.497 e. The Morgan fingerprint density at radius 3 is 2.07 bits per heavy atom. The second-order valence-corrected chi connectivity index (χ2v) is 13.1. The monoisotopic (exact) mass is 641 g/mol. The molecule has 0 bridgehead atoms. The number of ether oxygens (including phenoxy) is 4. The van der Waals surface area contributed by atoms with Crippen molar-refractivity contribution >= 4 is 18.5 Å². The number of hydrogen-bond acceptors (Lipinski definition) is 7. The SMILES string of the molecule is COc1ccc(C(OC[C@H]2O[C@@H](n3cc(C)c(=O)[nH]c3=O)C[C@@H]2NP(O)(F)=S)(c2ccccc2)c2ccc(OC)cc2)cc1. The highest BCUT2D eigenvalue weighted by atomic mass is 32.5. The van der Waals surface area contributed by atoms with Gasteiger partial charge in [0.1, 0.15) is 23.3 Å². The van der Waals surface area contributed by atoms with Gasteiger partial charge in [-0.15, -0.1) is 0 Å². The Kier molecular flexibility index (Phi) is 9.50. The highest BCUT2D eigenvalue weighted by Gasteiger charge is 2.43. The first kappa shape index (κ1) is 31.8. The van der Waals surface area contributed by atoms with Gasteiger partial charge < -0.3 is 23.8 Å². The molecular weight excluding hydrogens is 608 g/mol. The molecule has 1 aromatic heterocycles. The number of halogens is 1. The molecule has 0 saturated carbocycles. The third-order valence-electron chi connectivity index (χ3n) is 7.65. The van der Waals surface area contributed by atoms with E-state index in [0.29, 0.717) is 17.1 Å². The van der Waals surface area contributed by atoms with Crippen LogP contribution in [-0.2, 0) is 26.9 Å². The molecule has 2 heterocycles. The van der Waals surface area contributed by atoms with E-state index in [1.54, 1.807) is 21.1 Å². The summed E-state index contributed by atoms with van der Waals surface area (Å²) in [6, 6.07) is 23.7. The lowest BCUT2D eigenvalue weighted by atomic mass is 9.80. The van der Waals surface area contributed by atoms with Gasteiger partial charge in [0, 0.05) is 24.2 Å². The van der Waals surface area contributed by atoms with Crippen molar-refractivity contribution in [2.75, 3.05) is 20.8 Å². The molecule has 1 saturated heterocycles. The summed E-state index contributed by atoms with van der Waals surface area (Å²) in [6.07, 6.45) is -0.284. The molecule has 0 amide bonds. The summed E-state index contributed by atoms with van der Waals surface area (Å²) in [6.45, 7) is -2.92. The number of hydrogen-bond donors (Lipinski definition) is 3. The van der Waals surface area contributed by atoms with Crippen LogP contribution in [-0.4, -0.2) is 47.4 Å². The van der Waals surface area contributed by atoms with Crippen molar-refractivity contribution < 1.29 is 28.0 Å². The first-order chi connectivity index (χ1) is 21.0. The maximum absolute atomic E-state index is 14.5. The van der Waals surface area contributed by atoms with E-state index in [2.05, 4.69) is 21.9 Å². The molecule has 232 valence electrons. The second-order valence-electron chi connectivity index (χ2n) is 10.4. The van der Waals surface area contributed by atoms with Crippen molar-refractivity contribution in [2.45, 2.75) is 37.3 Å². The lowest BCUT2D eigenvalue weighted by molar-refractivity contribution is -0.0805. The molecule has 5 rings (SSSR count). The Balaban J connectivity index is 1.59. The van der Waals surface area contributed by atoms with E-state index < -0.39 is 41.9 Å². The first-order valence-corrected chi connectivity index (χ1v) is 16.4. The summed E-state index contributed by atoms with van der Waals surface area (Å²) in [5.74, 6) is 1.32. The predicted molar refractivity (Wildman–Crippen MR) is 167 cm³/mol. The standard InChI is InChI=1S/C31H33FN3O7PS/c1-20-18-35(30(37)33-29(20)36)28-17-26(34-43(32,38)44)27(42-28)19-41-31(21-7-5-4-6-8-21,22-9-13-24(39-2)14-10-22)23-11-15-25(40-3)16-12-23/h4-16,18,26-28H,17,19H2,1-3H3,(H,33,36,37)(H2,34,38,44)/t26-,27+,28+,43?/m0/s1. The van der Waals surface area contributed by atoms with Crippen molar-refractivity contribution in [2.24, 2.45) is 0 Å². The van der Waals surface area contributed by atoms with Crippen molar-refractivity contribution in [1.29, 1.82) is 0 Å². The van der Waals surface area contributed by atoms with E-state index in [1.165, 1.54) is 10.8 Å². The van der Waals surface area contributed by atoms with E-state index in [-0.39, 0.29) is 13.0 Å². The maximum Gasteiger partial charge on any atom is 0.330 e. The van der Waals surface area contributed by atoms with Gasteiger partial charge in [-0.3, -0.25) is 14.3 Å². The summed E-state index contributed by atoms with van der Waals surface area (Å²) in [4.78, 5) is 36.9. The van der Waals surface area contributed by atoms with E-state index in [0.717, 1.165) is 16.7 Å². The molecule has 3 N–H and O–H groups in total. The summed E-state index contributed by atoms with van der Waals surface area (Å²) in [5.41, 5.74) is 0.284. The summed E-state index contributed by atoms with van der Waals surface area (Å²) in [7, 11) is 3.17. The van der Waals surface area contributed by atoms with E-state index >= 15 is 0 Å². The van der Waals surface area contributed by atoms with E-state index in [9.17, 15) is 18.7 Å². The van der Waals surface area contributed by atoms with Gasteiger partial charge in [0.15, 0.2) is 0 Å². The highest BCUT2D eigenvalue weighted by Crippen LogP contribution is 2.44. The third-order valence-corrected chi connectivity index (χ3v) is 8.62. The minimum atomic E-state index is -4.38. The number of methoxy groups -OCH3 is 2. The number of nitrogens with one attached hydrogen (secondary N) is 2. The Morgan fingerprint density at radius 2 is 1.55 bits per heavy atom. The van der Waals surface area contributed by atoms with E-state index in [4.69, 9.17) is 18.9 Å². The Bertz CT molecular complexity index is 1700. The number of rotatable bonds is 11. The van der Waals surface area contributed by atoms with E-state index in [1.807, 2.05) is 78.9 Å². The fourth-order valence-corrected chi connectivity index (χ4v) is 6.56. The van der Waals surface area contributed by atoms with Gasteiger partial charge in [0.25, 0.3) is 12.3 Å². The van der Waals surface area contributed by atoms with Crippen molar-refractivity contribution in [3.8, 4) is 11.5 Å². The average molecular weight is 642 g/mol. The second kappa shape index (κ2) is 13.2. The zero-order chi connectivity index (χ0) is 31.5. The molecule has 1 unspecified atom stereocenters. The van der Waals surface area contributed by atoms with Gasteiger partial charge in [-0.05, 0) is 59.7 Å². The lowest BCUT2D eigenvalue weighted by Crippen LogP contribution is -2.41. The van der Waals surface area contributed by atoms with Crippen molar-refractivity contribution in [1.82, 2.24) is 14.6 Å². The number of aryl methyl sites for hydroxylation is 1. The van der Waals surface area contributed by atoms with Gasteiger partial charge >= 0.3 is 5.69 Å². The Hall–Kier alpha value is -3.64. The fourth-order valence-electron chi connectivity index (χ4n) is 5.48. The van der Waals surface area contributed by atoms with Gasteiger partial charge in [0.05, 0.1) is 26.9 Å². The van der Waals surface area contributed by atoms with Gasteiger partial charge in [-0.2, -0.15) is 4.20 Å². The molecule has 0 radical (unpaired) electrons. The van der Waals surface area contributed by atoms with Crippen molar-refractivity contribution in [3.05, 3.63) is 128 Å². The number of nitrogens with zero attached hydrogens (tertiary/aromatic N) is 1. The Labute approximate surface area is 258 Å². The molecule has 0 spiro atoms. The normalized spacial score (nSPS) is 19.8. The topological polar surface area (TPSA) is 124 Å². The highest BCUT2D eigenvalue weighted by molar-refractivity contribution is 8.08. The third kappa shape index (κ3) is 6.71. The molecule has 13 heteroatoms. The van der Waals surface area contributed by atoms with Gasteiger partial charge in [-0.25, -0.2) is 9.88 Å². The summed E-state index contributed by atoms with van der Waals surface area (Å²) >= 11 is 4.68. The van der Waals surface area contributed by atoms with Gasteiger partial charge in [0.2, 0.25) is 0 Å². The van der Waals surface area contributed by atoms with Crippen LogP contribution in [0.25, 0.3) is 0 Å². The van der Waals surface area contributed by atoms with Crippen LogP contribution in [0.15, 0.2) is 94.6 Å². The van der Waals surface area contributed by atoms with Crippen LogP contribution in [0.5, 0.6) is 11.5 Å². The zero-order valence-corrected chi connectivity index (χ0v) is 26.0. The van der Waals surface area contributed by atoms with Gasteiger partial charge in [-0.1, -0.05) is 54.6 Å². The number of aromatic nitrogens is 2. The molecule has 4 atom stereocenters. The number of aromatic amines is 1. The Morgan fingerprint density at radius 1 is 1.00 bits per heavy atom. The lowest BCUT2D eigenvalue weighted by Gasteiger charge is -2.37. The van der Waals surface area contributed by atoms with Crippen LogP contribution >= 0.6 is 6.73 Å². The molecular formula is C31H33FN3O7PS. The molecule has 1 aliphatic heterocycles. The van der Waals surface area contributed by atoms with Crippen LogP contribution < -0.4 is 25.8 Å². The maximum atomic E-state index is 14.5. The molecule has 1 fully saturated rings. The average Bonchev–Trinajstić information content (AvgIpc) is 3.41. The zero-order valence-electron chi connectivity index (χ0n) is 24.3. The smallest absolute Gasteiger partial charge is 0.330 e. The molecule has 3 aromatic carbocycles. The number of H-pyrrole nitrogens is 1. The van der Waals surface area contributed by atoms with Crippen LogP contribution in [0, 0.1) is 6.92 Å². The molecule has 44 heavy (non-hydrogen) atoms. The first-order valence-electron chi connectivity index (χ1n) is 13.8. The molecule has 1 aliphatic rings.